The number of nitrogens with two attached hydrogens (primary N) is 1. The largest absolute Gasteiger partial charge is 0.494 e. The Morgan fingerprint density at radius 1 is 1.12 bits per heavy atom. The summed E-state index contributed by atoms with van der Waals surface area (Å²) in [4.78, 5) is 32.7. The standard InChI is InChI=1S/C30H30FN5O3S/c1-17(37)34-21-7-10-27(40)23(16-21)25-4-3-13-36(25)30(38)28(19-5-9-24(31)26(15-19)39-2)35-20-6-8-22-18(14-20)11-12-33-29(22)32/h5-12,14-16,25,28,35,40H,3-4,13H2,1-2H3,(H2,32,33)(H,34,37). The Balaban J connectivity index is 1.53. The van der Waals surface area contributed by atoms with E-state index in [-0.39, 0.29) is 23.6 Å². The molecule has 0 bridgehead atoms. The summed E-state index contributed by atoms with van der Waals surface area (Å²) in [6, 6.07) is 16.3. The molecule has 206 valence electrons. The molecule has 40 heavy (non-hydrogen) atoms. The maximum Gasteiger partial charge on any atom is 0.250 e. The third-order valence-corrected chi connectivity index (χ3v) is 7.51. The van der Waals surface area contributed by atoms with Gasteiger partial charge in [-0.1, -0.05) is 6.07 Å². The number of carbonyl (C=O) groups excluding carboxylic acids is 2. The molecule has 0 radical (unpaired) electrons. The van der Waals surface area contributed by atoms with Crippen LogP contribution in [0.5, 0.6) is 5.75 Å². The normalized spacial score (nSPS) is 15.6. The number of nitrogens with one attached hydrogen (secondary N) is 2. The maximum atomic E-state index is 14.3. The lowest BCUT2D eigenvalue weighted by molar-refractivity contribution is -0.133. The molecule has 4 N–H and O–H groups in total. The van der Waals surface area contributed by atoms with Crippen LogP contribution in [0.2, 0.25) is 0 Å². The average Bonchev–Trinajstić information content (AvgIpc) is 3.42. The van der Waals surface area contributed by atoms with Gasteiger partial charge in [0.05, 0.1) is 13.2 Å². The summed E-state index contributed by atoms with van der Waals surface area (Å²) >= 11 is 4.66. The van der Waals surface area contributed by atoms with Crippen LogP contribution in [0.25, 0.3) is 10.8 Å². The second-order valence-electron chi connectivity index (χ2n) is 9.75. The van der Waals surface area contributed by atoms with Crippen molar-refractivity contribution in [3.8, 4) is 5.75 Å². The zero-order chi connectivity index (χ0) is 28.4. The molecule has 2 heterocycles. The van der Waals surface area contributed by atoms with Gasteiger partial charge in [-0.3, -0.25) is 9.59 Å². The second kappa shape index (κ2) is 11.4. The molecule has 2 atom stereocenters. The zero-order valence-corrected chi connectivity index (χ0v) is 23.0. The highest BCUT2D eigenvalue weighted by Crippen LogP contribution is 2.39. The van der Waals surface area contributed by atoms with E-state index >= 15 is 0 Å². The first-order valence-corrected chi connectivity index (χ1v) is 13.3. The van der Waals surface area contributed by atoms with Crippen molar-refractivity contribution >= 4 is 52.4 Å². The fourth-order valence-corrected chi connectivity index (χ4v) is 5.51. The molecule has 0 spiro atoms. The summed E-state index contributed by atoms with van der Waals surface area (Å²) in [5.74, 6) is -0.403. The number of hydrogen-bond donors (Lipinski definition) is 4. The van der Waals surface area contributed by atoms with Gasteiger partial charge in [0.2, 0.25) is 11.8 Å². The number of carbonyl (C=O) groups is 2. The van der Waals surface area contributed by atoms with Crippen molar-refractivity contribution in [2.75, 3.05) is 30.0 Å². The van der Waals surface area contributed by atoms with Gasteiger partial charge < -0.3 is 26.0 Å². The Morgan fingerprint density at radius 2 is 1.93 bits per heavy atom. The fraction of sp³-hybridized carbons (Fsp3) is 0.233. The number of fused-ring (bicyclic) bond motifs is 1. The van der Waals surface area contributed by atoms with E-state index in [1.807, 2.05) is 41.3 Å². The highest BCUT2D eigenvalue weighted by molar-refractivity contribution is 7.80. The molecule has 2 amide bonds. The zero-order valence-electron chi connectivity index (χ0n) is 22.1. The van der Waals surface area contributed by atoms with Crippen LogP contribution in [0, 0.1) is 5.82 Å². The number of likely N-dealkylation sites (tertiary alicyclic amines) is 1. The van der Waals surface area contributed by atoms with E-state index in [1.54, 1.807) is 24.4 Å². The van der Waals surface area contributed by atoms with Crippen LogP contribution in [-0.4, -0.2) is 35.4 Å². The van der Waals surface area contributed by atoms with Crippen LogP contribution in [-0.2, 0) is 9.59 Å². The van der Waals surface area contributed by atoms with Crippen LogP contribution < -0.4 is 21.1 Å². The van der Waals surface area contributed by atoms with Gasteiger partial charge in [0.15, 0.2) is 11.6 Å². The van der Waals surface area contributed by atoms with E-state index in [1.165, 1.54) is 20.1 Å². The third-order valence-electron chi connectivity index (χ3n) is 7.10. The first kappa shape index (κ1) is 27.3. The summed E-state index contributed by atoms with van der Waals surface area (Å²) < 4.78 is 19.6. The molecular weight excluding hydrogens is 529 g/mol. The predicted octanol–water partition coefficient (Wildman–Crippen LogP) is 5.73. The van der Waals surface area contributed by atoms with Crippen molar-refractivity contribution < 1.29 is 18.7 Å². The second-order valence-corrected chi connectivity index (χ2v) is 10.2. The van der Waals surface area contributed by atoms with Crippen molar-refractivity contribution in [1.29, 1.82) is 0 Å². The quantitative estimate of drug-likeness (QED) is 0.215. The summed E-state index contributed by atoms with van der Waals surface area (Å²) in [5, 5.41) is 7.85. The highest BCUT2D eigenvalue weighted by atomic mass is 32.1. The number of anilines is 3. The molecule has 3 aromatic carbocycles. The lowest BCUT2D eigenvalue weighted by Crippen LogP contribution is -2.38. The number of methoxy groups -OCH3 is 1. The Morgan fingerprint density at radius 3 is 2.70 bits per heavy atom. The molecule has 1 aromatic heterocycles. The first-order chi connectivity index (χ1) is 19.2. The molecule has 0 saturated carbocycles. The Kier molecular flexibility index (Phi) is 7.79. The van der Waals surface area contributed by atoms with Gasteiger partial charge in [-0.2, -0.15) is 0 Å². The van der Waals surface area contributed by atoms with Crippen LogP contribution in [0.15, 0.2) is 71.8 Å². The molecule has 10 heteroatoms. The van der Waals surface area contributed by atoms with Gasteiger partial charge in [0.1, 0.15) is 11.9 Å². The van der Waals surface area contributed by atoms with Crippen molar-refractivity contribution in [1.82, 2.24) is 9.88 Å². The minimum absolute atomic E-state index is 0.0492. The Labute approximate surface area is 237 Å². The van der Waals surface area contributed by atoms with E-state index in [4.69, 9.17) is 10.5 Å². The SMILES string of the molecule is COc1cc(C(Nc2ccc3c(N)nccc3c2)C(=O)N2CCCC2c2cc(NC(C)=O)ccc2S)ccc1F. The molecule has 1 aliphatic rings. The van der Waals surface area contributed by atoms with Crippen molar-refractivity contribution in [2.45, 2.75) is 36.7 Å². The Hall–Kier alpha value is -4.31. The molecule has 0 aliphatic carbocycles. The number of benzene rings is 3. The number of rotatable bonds is 7. The molecule has 4 aromatic rings. The van der Waals surface area contributed by atoms with Crippen LogP contribution in [0.1, 0.15) is 43.0 Å². The molecule has 5 rings (SSSR count). The average molecular weight is 560 g/mol. The van der Waals surface area contributed by atoms with Crippen molar-refractivity contribution in [3.05, 3.63) is 83.8 Å². The minimum Gasteiger partial charge on any atom is -0.494 e. The number of nitrogen functional groups attached to an aromatic ring is 1. The number of hydrogen-bond acceptors (Lipinski definition) is 7. The van der Waals surface area contributed by atoms with Gasteiger partial charge >= 0.3 is 0 Å². The number of aromatic nitrogens is 1. The lowest BCUT2D eigenvalue weighted by Gasteiger charge is -2.31. The van der Waals surface area contributed by atoms with E-state index in [2.05, 4.69) is 28.2 Å². The summed E-state index contributed by atoms with van der Waals surface area (Å²) in [7, 11) is 1.39. The fourth-order valence-electron chi connectivity index (χ4n) is 5.22. The van der Waals surface area contributed by atoms with E-state index < -0.39 is 11.9 Å². The topological polar surface area (TPSA) is 110 Å². The highest BCUT2D eigenvalue weighted by Gasteiger charge is 2.36. The van der Waals surface area contributed by atoms with E-state index in [0.29, 0.717) is 29.3 Å². The van der Waals surface area contributed by atoms with Gasteiger partial charge in [-0.25, -0.2) is 9.37 Å². The molecule has 1 aliphatic heterocycles. The molecule has 2 unspecified atom stereocenters. The third kappa shape index (κ3) is 5.53. The summed E-state index contributed by atoms with van der Waals surface area (Å²) in [5.41, 5.74) is 8.77. The Bertz CT molecular complexity index is 1600. The lowest BCUT2D eigenvalue weighted by atomic mass is 10.0. The van der Waals surface area contributed by atoms with Gasteiger partial charge in [0, 0.05) is 41.3 Å². The number of amides is 2. The van der Waals surface area contributed by atoms with Crippen LogP contribution in [0.3, 0.4) is 0 Å². The van der Waals surface area contributed by atoms with E-state index in [9.17, 15) is 14.0 Å². The molecule has 1 saturated heterocycles. The van der Waals surface area contributed by atoms with Gasteiger partial charge in [0.25, 0.3) is 0 Å². The van der Waals surface area contributed by atoms with Crippen molar-refractivity contribution in [3.63, 3.8) is 0 Å². The maximum absolute atomic E-state index is 14.3. The van der Waals surface area contributed by atoms with Crippen LogP contribution in [0.4, 0.5) is 21.6 Å². The smallest absolute Gasteiger partial charge is 0.250 e. The van der Waals surface area contributed by atoms with E-state index in [0.717, 1.165) is 34.1 Å². The predicted molar refractivity (Wildman–Crippen MR) is 157 cm³/mol. The first-order valence-electron chi connectivity index (χ1n) is 12.9. The molecule has 1 fully saturated rings. The van der Waals surface area contributed by atoms with Gasteiger partial charge in [-0.15, -0.1) is 12.6 Å². The number of thiol groups is 1. The van der Waals surface area contributed by atoms with Gasteiger partial charge in [-0.05, 0) is 84.0 Å². The number of nitrogens with zero attached hydrogens (tertiary/aromatic N) is 2. The number of halogens is 1. The number of ether oxygens (including phenoxy) is 1. The van der Waals surface area contributed by atoms with Crippen molar-refractivity contribution in [2.24, 2.45) is 0 Å². The summed E-state index contributed by atoms with van der Waals surface area (Å²) in [6.07, 6.45) is 3.17. The minimum atomic E-state index is -0.839. The summed E-state index contributed by atoms with van der Waals surface area (Å²) in [6.45, 7) is 1.99. The monoisotopic (exact) mass is 559 g/mol. The molecule has 8 nitrogen and oxygen atoms in total. The number of pyridine rings is 1. The molecular formula is C30H30FN5O3S. The van der Waals surface area contributed by atoms with Crippen LogP contribution >= 0.6 is 12.6 Å².